The van der Waals surface area contributed by atoms with E-state index in [4.69, 9.17) is 0 Å². The van der Waals surface area contributed by atoms with Gasteiger partial charge in [-0.15, -0.1) is 0 Å². The summed E-state index contributed by atoms with van der Waals surface area (Å²) < 4.78 is 2.36. The molecule has 0 saturated carbocycles. The maximum Gasteiger partial charge on any atom is 0.0333 e. The third-order valence-corrected chi connectivity index (χ3v) is 7.87. The van der Waals surface area contributed by atoms with Crippen molar-refractivity contribution in [2.75, 3.05) is 0 Å². The van der Waals surface area contributed by atoms with Crippen LogP contribution < -0.4 is 0 Å². The Bertz CT molecular complexity index is 1320. The van der Waals surface area contributed by atoms with Crippen LogP contribution in [-0.2, 0) is 12.8 Å². The maximum absolute atomic E-state index is 3.96. The molecule has 0 aliphatic heterocycles. The second-order valence-electron chi connectivity index (χ2n) is 8.24. The van der Waals surface area contributed by atoms with E-state index in [9.17, 15) is 0 Å². The van der Waals surface area contributed by atoms with Gasteiger partial charge in [0, 0.05) is 8.95 Å². The fourth-order valence-electron chi connectivity index (χ4n) is 4.70. The first-order valence-corrected chi connectivity index (χ1v) is 12.4. The Kier molecular flexibility index (Phi) is 5.33. The molecule has 0 heterocycles. The zero-order chi connectivity index (χ0) is 20.8. The molecule has 0 nitrogen and oxygen atoms in total. The quantitative estimate of drug-likeness (QED) is 0.207. The van der Waals surface area contributed by atoms with E-state index in [2.05, 4.69) is 106 Å². The highest BCUT2D eigenvalue weighted by atomic mass is 79.9. The van der Waals surface area contributed by atoms with E-state index in [1.54, 1.807) is 0 Å². The van der Waals surface area contributed by atoms with E-state index >= 15 is 0 Å². The topological polar surface area (TPSA) is 0 Å². The van der Waals surface area contributed by atoms with Gasteiger partial charge in [0.2, 0.25) is 0 Å². The lowest BCUT2D eigenvalue weighted by molar-refractivity contribution is 0.864. The van der Waals surface area contributed by atoms with Gasteiger partial charge in [-0.25, -0.2) is 0 Å². The lowest BCUT2D eigenvalue weighted by Crippen LogP contribution is -1.95. The lowest BCUT2D eigenvalue weighted by atomic mass is 9.92. The molecule has 5 aromatic rings. The molecule has 2 heteroatoms. The fraction of sp³-hybridized carbons (Fsp3) is 0.214. The Morgan fingerprint density at radius 3 is 1.27 bits per heavy atom. The van der Waals surface area contributed by atoms with Crippen LogP contribution >= 0.6 is 31.9 Å². The molecule has 0 fully saturated rings. The Morgan fingerprint density at radius 1 is 0.533 bits per heavy atom. The molecule has 5 rings (SSSR count). The molecule has 0 bridgehead atoms. The number of benzene rings is 5. The predicted molar refractivity (Wildman–Crippen MR) is 140 cm³/mol. The molecule has 0 atom stereocenters. The molecule has 0 unspecified atom stereocenters. The highest BCUT2D eigenvalue weighted by Gasteiger charge is 2.14. The van der Waals surface area contributed by atoms with Crippen LogP contribution in [-0.4, -0.2) is 0 Å². The summed E-state index contributed by atoms with van der Waals surface area (Å²) in [6.07, 6.45) is 4.67. The highest BCUT2D eigenvalue weighted by Crippen LogP contribution is 2.42. The van der Waals surface area contributed by atoms with Crippen molar-refractivity contribution in [3.8, 4) is 0 Å². The van der Waals surface area contributed by atoms with E-state index < -0.39 is 0 Å². The summed E-state index contributed by atoms with van der Waals surface area (Å²) in [4.78, 5) is 0. The van der Waals surface area contributed by atoms with E-state index in [0.717, 1.165) is 12.8 Å². The van der Waals surface area contributed by atoms with Gasteiger partial charge in [0.15, 0.2) is 0 Å². The molecule has 0 spiro atoms. The van der Waals surface area contributed by atoms with Gasteiger partial charge in [-0.3, -0.25) is 0 Å². The average molecular weight is 520 g/mol. The first kappa shape index (κ1) is 20.0. The zero-order valence-corrected chi connectivity index (χ0v) is 20.5. The van der Waals surface area contributed by atoms with Gasteiger partial charge in [0.05, 0.1) is 0 Å². The molecule has 0 amide bonds. The summed E-state index contributed by atoms with van der Waals surface area (Å²) in [6, 6.07) is 22.8. The Balaban J connectivity index is 1.87. The smallest absolute Gasteiger partial charge is 0.0333 e. The third kappa shape index (κ3) is 3.25. The van der Waals surface area contributed by atoms with E-state index in [-0.39, 0.29) is 0 Å². The van der Waals surface area contributed by atoms with Crippen molar-refractivity contribution in [1.82, 2.24) is 0 Å². The maximum atomic E-state index is 3.96. The molecule has 0 radical (unpaired) electrons. The van der Waals surface area contributed by atoms with Gasteiger partial charge in [0.1, 0.15) is 0 Å². The van der Waals surface area contributed by atoms with Crippen molar-refractivity contribution in [3.63, 3.8) is 0 Å². The van der Waals surface area contributed by atoms with E-state index in [1.807, 2.05) is 0 Å². The third-order valence-electron chi connectivity index (χ3n) is 6.17. The summed E-state index contributed by atoms with van der Waals surface area (Å²) in [7, 11) is 0. The average Bonchev–Trinajstić information content (AvgIpc) is 2.76. The molecule has 0 saturated heterocycles. The predicted octanol–water partition coefficient (Wildman–Crippen LogP) is 9.73. The van der Waals surface area contributed by atoms with Crippen LogP contribution in [0.2, 0.25) is 0 Å². The first-order chi connectivity index (χ1) is 14.6. The highest BCUT2D eigenvalue weighted by molar-refractivity contribution is 9.11. The standard InChI is InChI=1S/C28H24Br2/c1-3-7-17-11-21-15-25-26(16-22(21)12-18(17)8-4-2)28(30)24-14-20-10-6-5-9-19(20)13-23(24)27(25)29/h5-6,9-16H,3-4,7-8H2,1-2H3. The largest absolute Gasteiger partial charge is 0.0651 e. The minimum atomic E-state index is 1.15. The van der Waals surface area contributed by atoms with Gasteiger partial charge in [-0.2, -0.15) is 0 Å². The Morgan fingerprint density at radius 2 is 0.900 bits per heavy atom. The SMILES string of the molecule is CCCc1cc2cc3c(Br)c4cc5ccccc5cc4c(Br)c3cc2cc1CCC. The number of aryl methyl sites for hydroxylation is 2. The van der Waals surface area contributed by atoms with Gasteiger partial charge in [0.25, 0.3) is 0 Å². The number of rotatable bonds is 4. The monoisotopic (exact) mass is 518 g/mol. The van der Waals surface area contributed by atoms with Crippen LogP contribution in [0, 0.1) is 0 Å². The summed E-state index contributed by atoms with van der Waals surface area (Å²) in [5, 5.41) is 10.2. The van der Waals surface area contributed by atoms with Crippen LogP contribution in [0.25, 0.3) is 43.1 Å². The van der Waals surface area contributed by atoms with Crippen LogP contribution in [0.15, 0.2) is 69.6 Å². The molecule has 0 N–H and O–H groups in total. The van der Waals surface area contributed by atoms with Crippen molar-refractivity contribution in [2.45, 2.75) is 39.5 Å². The van der Waals surface area contributed by atoms with E-state index in [0.29, 0.717) is 0 Å². The van der Waals surface area contributed by atoms with Crippen molar-refractivity contribution >= 4 is 74.9 Å². The summed E-state index contributed by atoms with van der Waals surface area (Å²) in [6.45, 7) is 4.54. The van der Waals surface area contributed by atoms with Crippen LogP contribution in [0.3, 0.4) is 0 Å². The van der Waals surface area contributed by atoms with Crippen molar-refractivity contribution in [3.05, 3.63) is 80.7 Å². The molecule has 0 aromatic heterocycles. The second kappa shape index (κ2) is 7.98. The fourth-order valence-corrected chi connectivity index (χ4v) is 6.02. The van der Waals surface area contributed by atoms with E-state index in [1.165, 1.54) is 76.0 Å². The van der Waals surface area contributed by atoms with Crippen LogP contribution in [0.5, 0.6) is 0 Å². The summed E-state index contributed by atoms with van der Waals surface area (Å²) in [5.41, 5.74) is 3.02. The van der Waals surface area contributed by atoms with Crippen molar-refractivity contribution in [2.24, 2.45) is 0 Å². The van der Waals surface area contributed by atoms with Gasteiger partial charge in [-0.1, -0.05) is 63.1 Å². The second-order valence-corrected chi connectivity index (χ2v) is 9.82. The van der Waals surface area contributed by atoms with Crippen LogP contribution in [0.4, 0.5) is 0 Å². The Labute approximate surface area is 194 Å². The van der Waals surface area contributed by atoms with Gasteiger partial charge < -0.3 is 0 Å². The number of fused-ring (bicyclic) bond motifs is 4. The van der Waals surface area contributed by atoms with Gasteiger partial charge >= 0.3 is 0 Å². The van der Waals surface area contributed by atoms with Gasteiger partial charge in [-0.05, 0) is 123 Å². The normalized spacial score (nSPS) is 11.9. The molecule has 150 valence electrons. The number of hydrogen-bond donors (Lipinski definition) is 0. The molecule has 30 heavy (non-hydrogen) atoms. The minimum Gasteiger partial charge on any atom is -0.0651 e. The van der Waals surface area contributed by atoms with Crippen molar-refractivity contribution < 1.29 is 0 Å². The summed E-state index contributed by atoms with van der Waals surface area (Å²) in [5.74, 6) is 0. The van der Waals surface area contributed by atoms with Crippen LogP contribution in [0.1, 0.15) is 37.8 Å². The molecule has 0 aliphatic carbocycles. The molecule has 0 aliphatic rings. The van der Waals surface area contributed by atoms with Crippen molar-refractivity contribution in [1.29, 1.82) is 0 Å². The number of hydrogen-bond acceptors (Lipinski definition) is 0. The molecular weight excluding hydrogens is 496 g/mol. The molecular formula is C28H24Br2. The number of halogens is 2. The minimum absolute atomic E-state index is 1.15. The summed E-state index contributed by atoms with van der Waals surface area (Å²) >= 11 is 7.91. The molecule has 5 aromatic carbocycles. The lowest BCUT2D eigenvalue weighted by Gasteiger charge is -2.15. The first-order valence-electron chi connectivity index (χ1n) is 10.8. The Hall–Kier alpha value is -1.90. The zero-order valence-electron chi connectivity index (χ0n) is 17.4.